The number of nitrogens with one attached hydrogen (secondary N) is 2. The van der Waals surface area contributed by atoms with Gasteiger partial charge in [0.1, 0.15) is 5.75 Å². The Labute approximate surface area is 264 Å². The first kappa shape index (κ1) is 28.6. The van der Waals surface area contributed by atoms with E-state index < -0.39 is 0 Å². The molecule has 6 rings (SSSR count). The zero-order valence-electron chi connectivity index (χ0n) is 23.7. The standard InChI is InChI=1S/C34H30BrN5O2S/c1-22-20-27(23(2)39(22)30-14-7-6-12-28(30)35)33-32(29-13-8-9-19-36-29)38-34(43)40(33)25-17-15-24(16-18-25)37-31(41)21-42-26-10-4-3-5-11-26/h3-20,32-33H,21H2,1-2H3,(H,37,41)(H,38,43)/t32-,33-/m1/s1. The van der Waals surface area contributed by atoms with Crippen LogP contribution in [0.5, 0.6) is 5.75 Å². The molecule has 43 heavy (non-hydrogen) atoms. The minimum atomic E-state index is -0.234. The van der Waals surface area contributed by atoms with Crippen molar-refractivity contribution in [2.75, 3.05) is 16.8 Å². The second-order valence-corrected chi connectivity index (χ2v) is 11.5. The maximum Gasteiger partial charge on any atom is 0.262 e. The Kier molecular flexibility index (Phi) is 8.26. The van der Waals surface area contributed by atoms with Gasteiger partial charge in [-0.1, -0.05) is 36.4 Å². The van der Waals surface area contributed by atoms with Crippen LogP contribution in [0.15, 0.2) is 114 Å². The SMILES string of the molecule is Cc1cc([C@@H]2[C@@H](c3ccccn3)NC(=S)N2c2ccc(NC(=O)COc3ccccc3)cc2)c(C)n1-c1ccccc1Br. The molecule has 2 aromatic heterocycles. The highest BCUT2D eigenvalue weighted by Gasteiger charge is 2.42. The monoisotopic (exact) mass is 651 g/mol. The van der Waals surface area contributed by atoms with E-state index >= 15 is 0 Å². The summed E-state index contributed by atoms with van der Waals surface area (Å²) in [5, 5.41) is 7.07. The minimum absolute atomic E-state index is 0.0765. The predicted octanol–water partition coefficient (Wildman–Crippen LogP) is 7.45. The number of carbonyl (C=O) groups excluding carboxylic acids is 1. The summed E-state index contributed by atoms with van der Waals surface area (Å²) in [7, 11) is 0. The number of pyridine rings is 1. The maximum atomic E-state index is 12.5. The Morgan fingerprint density at radius 1 is 0.977 bits per heavy atom. The van der Waals surface area contributed by atoms with Crippen molar-refractivity contribution >= 4 is 50.5 Å². The van der Waals surface area contributed by atoms with E-state index in [4.69, 9.17) is 21.9 Å². The van der Waals surface area contributed by atoms with Crippen molar-refractivity contribution in [2.45, 2.75) is 25.9 Å². The summed E-state index contributed by atoms with van der Waals surface area (Å²) in [5.41, 5.74) is 6.95. The van der Waals surface area contributed by atoms with Gasteiger partial charge >= 0.3 is 0 Å². The van der Waals surface area contributed by atoms with E-state index in [0.29, 0.717) is 16.5 Å². The summed E-state index contributed by atoms with van der Waals surface area (Å²) in [5.74, 6) is 0.415. The lowest BCUT2D eigenvalue weighted by molar-refractivity contribution is -0.118. The lowest BCUT2D eigenvalue weighted by Crippen LogP contribution is -2.29. The molecule has 1 aliphatic rings. The number of halogens is 1. The van der Waals surface area contributed by atoms with Crippen LogP contribution >= 0.6 is 28.1 Å². The van der Waals surface area contributed by atoms with E-state index in [-0.39, 0.29) is 24.6 Å². The van der Waals surface area contributed by atoms with Crippen molar-refractivity contribution in [2.24, 2.45) is 0 Å². The molecule has 2 N–H and O–H groups in total. The Morgan fingerprint density at radius 3 is 2.42 bits per heavy atom. The van der Waals surface area contributed by atoms with Crippen LogP contribution in [-0.2, 0) is 4.79 Å². The Balaban J connectivity index is 1.31. The Bertz CT molecular complexity index is 1760. The molecule has 1 amide bonds. The van der Waals surface area contributed by atoms with Crippen molar-refractivity contribution in [3.63, 3.8) is 0 Å². The first-order valence-corrected chi connectivity index (χ1v) is 15.1. The van der Waals surface area contributed by atoms with Crippen LogP contribution in [0.2, 0.25) is 0 Å². The topological polar surface area (TPSA) is 71.4 Å². The van der Waals surface area contributed by atoms with Crippen LogP contribution in [-0.4, -0.2) is 27.2 Å². The number of ether oxygens (including phenoxy) is 1. The third-order valence-electron chi connectivity index (χ3n) is 7.52. The number of thiocarbonyl (C=S) groups is 1. The number of anilines is 2. The number of rotatable bonds is 8. The van der Waals surface area contributed by atoms with E-state index in [1.165, 1.54) is 0 Å². The molecule has 0 spiro atoms. The van der Waals surface area contributed by atoms with Gasteiger partial charge in [0.05, 0.1) is 23.5 Å². The zero-order chi connectivity index (χ0) is 29.9. The minimum Gasteiger partial charge on any atom is -0.484 e. The van der Waals surface area contributed by atoms with Crippen molar-refractivity contribution in [1.29, 1.82) is 0 Å². The molecule has 7 nitrogen and oxygen atoms in total. The smallest absolute Gasteiger partial charge is 0.262 e. The third kappa shape index (κ3) is 5.91. The van der Waals surface area contributed by atoms with Crippen LogP contribution in [0.4, 0.5) is 11.4 Å². The van der Waals surface area contributed by atoms with Crippen LogP contribution in [0.3, 0.4) is 0 Å². The molecular formula is C34H30BrN5O2S. The van der Waals surface area contributed by atoms with Crippen molar-refractivity contribution in [1.82, 2.24) is 14.9 Å². The second-order valence-electron chi connectivity index (χ2n) is 10.3. The molecule has 216 valence electrons. The molecule has 0 aliphatic carbocycles. The number of para-hydroxylation sites is 2. The van der Waals surface area contributed by atoms with Gasteiger partial charge in [-0.2, -0.15) is 0 Å². The van der Waals surface area contributed by atoms with Gasteiger partial charge in [0.25, 0.3) is 5.91 Å². The Hall–Kier alpha value is -4.47. The summed E-state index contributed by atoms with van der Waals surface area (Å²) in [6.07, 6.45) is 1.81. The molecule has 5 aromatic rings. The molecule has 0 bridgehead atoms. The molecule has 9 heteroatoms. The lowest BCUT2D eigenvalue weighted by atomic mass is 9.96. The van der Waals surface area contributed by atoms with Gasteiger partial charge in [-0.05, 0) is 114 Å². The van der Waals surface area contributed by atoms with Gasteiger partial charge in [-0.15, -0.1) is 0 Å². The first-order chi connectivity index (χ1) is 20.9. The molecule has 0 radical (unpaired) electrons. The normalized spacial score (nSPS) is 16.2. The molecule has 3 aromatic carbocycles. The predicted molar refractivity (Wildman–Crippen MR) is 178 cm³/mol. The van der Waals surface area contributed by atoms with Gasteiger partial charge < -0.3 is 24.8 Å². The number of hydrogen-bond donors (Lipinski definition) is 2. The number of amides is 1. The second kappa shape index (κ2) is 12.4. The molecule has 3 heterocycles. The Morgan fingerprint density at radius 2 is 1.70 bits per heavy atom. The molecule has 1 fully saturated rings. The highest BCUT2D eigenvalue weighted by Crippen LogP contribution is 2.44. The molecule has 1 saturated heterocycles. The molecule has 0 saturated carbocycles. The van der Waals surface area contributed by atoms with E-state index in [2.05, 4.69) is 68.1 Å². The van der Waals surface area contributed by atoms with Gasteiger partial charge in [0.2, 0.25) is 0 Å². The molecule has 2 atom stereocenters. The number of nitrogens with zero attached hydrogens (tertiary/aromatic N) is 3. The molecular weight excluding hydrogens is 622 g/mol. The van der Waals surface area contributed by atoms with E-state index in [1.807, 2.05) is 91.1 Å². The van der Waals surface area contributed by atoms with Crippen LogP contribution < -0.4 is 20.3 Å². The quantitative estimate of drug-likeness (QED) is 0.170. The fourth-order valence-corrected chi connectivity index (χ4v) is 6.42. The van der Waals surface area contributed by atoms with Crippen molar-refractivity contribution in [3.8, 4) is 11.4 Å². The highest BCUT2D eigenvalue weighted by molar-refractivity contribution is 9.10. The van der Waals surface area contributed by atoms with E-state index in [9.17, 15) is 4.79 Å². The van der Waals surface area contributed by atoms with Gasteiger partial charge in [0, 0.05) is 33.4 Å². The van der Waals surface area contributed by atoms with E-state index in [1.54, 1.807) is 0 Å². The van der Waals surface area contributed by atoms with Gasteiger partial charge in [-0.3, -0.25) is 9.78 Å². The van der Waals surface area contributed by atoms with Crippen LogP contribution in [0.1, 0.15) is 34.7 Å². The fraction of sp³-hybridized carbons (Fsp3) is 0.147. The van der Waals surface area contributed by atoms with Gasteiger partial charge in [0.15, 0.2) is 11.7 Å². The first-order valence-electron chi connectivity index (χ1n) is 13.9. The highest BCUT2D eigenvalue weighted by atomic mass is 79.9. The molecule has 1 aliphatic heterocycles. The number of hydrogen-bond acceptors (Lipinski definition) is 4. The fourth-order valence-electron chi connectivity index (χ4n) is 5.61. The average Bonchev–Trinajstić information content (AvgIpc) is 3.52. The summed E-state index contributed by atoms with van der Waals surface area (Å²) in [4.78, 5) is 19.4. The number of aromatic nitrogens is 2. The van der Waals surface area contributed by atoms with Crippen LogP contribution in [0.25, 0.3) is 5.69 Å². The van der Waals surface area contributed by atoms with Gasteiger partial charge in [-0.25, -0.2) is 0 Å². The maximum absolute atomic E-state index is 12.5. The van der Waals surface area contributed by atoms with Crippen molar-refractivity contribution in [3.05, 3.63) is 136 Å². The largest absolute Gasteiger partial charge is 0.484 e. The summed E-state index contributed by atoms with van der Waals surface area (Å²) in [6.45, 7) is 4.19. The van der Waals surface area contributed by atoms with E-state index in [0.717, 1.165) is 38.5 Å². The molecule has 0 unspecified atom stereocenters. The number of aryl methyl sites for hydroxylation is 1. The number of carbonyl (C=O) groups is 1. The number of benzene rings is 3. The summed E-state index contributed by atoms with van der Waals surface area (Å²) < 4.78 is 8.87. The average molecular weight is 653 g/mol. The summed E-state index contributed by atoms with van der Waals surface area (Å²) >= 11 is 9.68. The lowest BCUT2D eigenvalue weighted by Gasteiger charge is -2.28. The zero-order valence-corrected chi connectivity index (χ0v) is 26.1. The summed E-state index contributed by atoms with van der Waals surface area (Å²) in [6, 6.07) is 33.1. The van der Waals surface area contributed by atoms with Crippen LogP contribution in [0, 0.1) is 13.8 Å². The van der Waals surface area contributed by atoms with Crippen molar-refractivity contribution < 1.29 is 9.53 Å². The third-order valence-corrected chi connectivity index (χ3v) is 8.51.